The molecule has 4 nitrogen and oxygen atoms in total. The molecule has 360 valence electrons. The normalized spacial score (nSPS) is 17.7. The van der Waals surface area contributed by atoms with Gasteiger partial charge in [-0.1, -0.05) is 193 Å². The molecular weight excluding hydrogens is 863 g/mol. The molecule has 9 rings (SSSR count). The van der Waals surface area contributed by atoms with E-state index >= 15 is 0 Å². The zero-order valence-electron chi connectivity index (χ0n) is 62.8. The van der Waals surface area contributed by atoms with Crippen molar-refractivity contribution in [2.75, 3.05) is 0 Å². The number of aromatic nitrogens is 3. The quantitative estimate of drug-likeness (QED) is 0.157. The van der Waals surface area contributed by atoms with Gasteiger partial charge in [-0.2, -0.15) is 0 Å². The van der Waals surface area contributed by atoms with Crippen molar-refractivity contribution in [3.8, 4) is 78.6 Å². The highest BCUT2D eigenvalue weighted by Crippen LogP contribution is 2.46. The fraction of sp³-hybridized carbons (Fsp3) is 0.284. The van der Waals surface area contributed by atoms with Gasteiger partial charge in [0.05, 0.1) is 37.6 Å². The molecule has 2 aromatic heterocycles. The van der Waals surface area contributed by atoms with Crippen molar-refractivity contribution in [1.29, 1.82) is 0 Å². The summed E-state index contributed by atoms with van der Waals surface area (Å²) < 4.78 is 187. The zero-order chi connectivity index (χ0) is 68.7. The van der Waals surface area contributed by atoms with Crippen molar-refractivity contribution < 1.29 is 33.9 Å². The van der Waals surface area contributed by atoms with Crippen LogP contribution in [0.3, 0.4) is 0 Å². The summed E-state index contributed by atoms with van der Waals surface area (Å²) in [5.41, 5.74) is -1.24. The van der Waals surface area contributed by atoms with E-state index in [-0.39, 0.29) is 44.9 Å². The summed E-state index contributed by atoms with van der Waals surface area (Å²) in [5.74, 6) is -2.91. The van der Waals surface area contributed by atoms with Gasteiger partial charge in [-0.25, -0.2) is 4.98 Å². The molecule has 1 N–H and O–H groups in total. The molecule has 0 spiro atoms. The van der Waals surface area contributed by atoms with Gasteiger partial charge >= 0.3 is 0 Å². The molecule has 0 unspecified atom stereocenters. The van der Waals surface area contributed by atoms with Crippen LogP contribution in [-0.2, 0) is 16.2 Å². The number of rotatable bonds is 9. The lowest BCUT2D eigenvalue weighted by Gasteiger charge is -2.22. The van der Waals surface area contributed by atoms with Crippen LogP contribution in [0, 0.1) is 6.85 Å². The molecule has 4 heteroatoms. The Morgan fingerprint density at radius 1 is 0.563 bits per heavy atom. The lowest BCUT2D eigenvalue weighted by molar-refractivity contribution is 0.466. The number of hydrogen-bond acceptors (Lipinski definition) is 3. The van der Waals surface area contributed by atoms with Crippen LogP contribution in [0.25, 0.3) is 83.9 Å². The minimum atomic E-state index is -3.97. The fourth-order valence-corrected chi connectivity index (χ4v) is 8.80. The molecule has 0 aliphatic carbocycles. The van der Waals surface area contributed by atoms with E-state index in [0.29, 0.717) is 61.2 Å². The lowest BCUT2D eigenvalue weighted by atomic mass is 9.83. The number of imidazole rings is 1. The third kappa shape index (κ3) is 9.74. The molecular formula is C67H71N3O. The first-order chi connectivity index (χ1) is 42.0. The molecule has 0 aliphatic rings. The molecule has 7 aromatic carbocycles. The van der Waals surface area contributed by atoms with Gasteiger partial charge in [0.15, 0.2) is 0 Å². The summed E-state index contributed by atoms with van der Waals surface area (Å²) in [6, 6.07) is 27.8. The highest BCUT2D eigenvalue weighted by atomic mass is 16.3. The first-order valence-corrected chi connectivity index (χ1v) is 23.6. The summed E-state index contributed by atoms with van der Waals surface area (Å²) in [5, 5.41) is 12.7. The molecule has 0 saturated heterocycles. The Kier molecular flexibility index (Phi) is 7.69. The monoisotopic (exact) mass is 955 g/mol. The molecule has 0 saturated carbocycles. The second-order valence-corrected chi connectivity index (χ2v) is 20.7. The van der Waals surface area contributed by atoms with Gasteiger partial charge in [0.25, 0.3) is 0 Å². The lowest BCUT2D eigenvalue weighted by Crippen LogP contribution is -2.11. The van der Waals surface area contributed by atoms with E-state index in [4.69, 9.17) is 26.9 Å². The third-order valence-corrected chi connectivity index (χ3v) is 12.9. The Balaban J connectivity index is 1.40. The largest absolute Gasteiger partial charge is 0.507 e. The Morgan fingerprint density at radius 2 is 1.25 bits per heavy atom. The van der Waals surface area contributed by atoms with E-state index < -0.39 is 109 Å². The van der Waals surface area contributed by atoms with Crippen LogP contribution in [0.5, 0.6) is 5.75 Å². The summed E-state index contributed by atoms with van der Waals surface area (Å²) in [4.78, 5) is 9.84. The van der Waals surface area contributed by atoms with Gasteiger partial charge in [-0.15, -0.1) is 0 Å². The smallest absolute Gasteiger partial charge is 0.149 e. The van der Waals surface area contributed by atoms with Crippen LogP contribution in [-0.4, -0.2) is 19.6 Å². The van der Waals surface area contributed by atoms with Gasteiger partial charge in [0.1, 0.15) is 11.6 Å². The SMILES string of the molecule is [2H]c1nc(-c2cc(-c3cccc4c3nc(-c3cc(C([2H])(C)C)cc(C([2H])(C)C)c3O)n4-c3cc(C([2H])([2H])[2H])c(-c4ccc(C(C)(C)C)cc4)cc3-c3ccccc3)cc(C(C)(C)C)c2)c([2H])c(-c2c([2H])c([2H])c(C(C([2H])([2H])[2H])(C([2H])([2H])[2H])C([2H])([2H])[2H])c([2H])c2[2H])c1[2H]. The number of phenolic OH excluding ortho intramolecular Hbond substituents is 1. The van der Waals surface area contributed by atoms with E-state index in [0.717, 1.165) is 5.56 Å². The maximum absolute atomic E-state index is 12.7. The summed E-state index contributed by atoms with van der Waals surface area (Å²) >= 11 is 0. The first kappa shape index (κ1) is 29.3. The van der Waals surface area contributed by atoms with Crippen LogP contribution < -0.4 is 0 Å². The van der Waals surface area contributed by atoms with Crippen molar-refractivity contribution >= 4 is 11.0 Å². The second kappa shape index (κ2) is 18.6. The number of benzene rings is 7. The van der Waals surface area contributed by atoms with E-state index in [9.17, 15) is 12.0 Å². The molecule has 71 heavy (non-hydrogen) atoms. The minimum absolute atomic E-state index is 0.00443. The number of aromatic hydroxyl groups is 1. The highest BCUT2D eigenvalue weighted by molar-refractivity contribution is 5.98. The number of para-hydroxylation sites is 1. The number of aryl methyl sites for hydroxylation is 1. The third-order valence-electron chi connectivity index (χ3n) is 12.9. The van der Waals surface area contributed by atoms with Crippen molar-refractivity contribution in [3.63, 3.8) is 0 Å². The summed E-state index contributed by atoms with van der Waals surface area (Å²) in [7, 11) is 0. The van der Waals surface area contributed by atoms with E-state index in [1.165, 1.54) is 0 Å². The summed E-state index contributed by atoms with van der Waals surface area (Å²) in [6.07, 6.45) is -0.798. The van der Waals surface area contributed by atoms with Crippen LogP contribution in [0.1, 0.15) is 164 Å². The van der Waals surface area contributed by atoms with E-state index in [1.807, 2.05) is 87.5 Å². The minimum Gasteiger partial charge on any atom is -0.507 e. The number of phenols is 1. The number of nitrogens with zero attached hydrogens (tertiary/aromatic N) is 3. The van der Waals surface area contributed by atoms with Crippen molar-refractivity contribution in [1.82, 2.24) is 14.5 Å². The molecule has 9 aromatic rings. The Morgan fingerprint density at radius 3 is 1.90 bits per heavy atom. The van der Waals surface area contributed by atoms with Crippen molar-refractivity contribution in [2.45, 2.75) is 125 Å². The van der Waals surface area contributed by atoms with Crippen molar-refractivity contribution in [3.05, 3.63) is 191 Å². The average molecular weight is 955 g/mol. The molecule has 0 bridgehead atoms. The Hall–Kier alpha value is -7.04. The zero-order valence-corrected chi connectivity index (χ0v) is 41.8. The predicted octanol–water partition coefficient (Wildman–Crippen LogP) is 18.6. The van der Waals surface area contributed by atoms with Gasteiger partial charge in [-0.05, 0) is 150 Å². The van der Waals surface area contributed by atoms with Crippen LogP contribution in [0.2, 0.25) is 0 Å². The average Bonchev–Trinajstić information content (AvgIpc) is 0.733. The second-order valence-electron chi connectivity index (χ2n) is 20.7. The highest BCUT2D eigenvalue weighted by Gasteiger charge is 2.27. The van der Waals surface area contributed by atoms with Crippen LogP contribution in [0.4, 0.5) is 0 Å². The molecule has 0 fully saturated rings. The standard InChI is InChI=1S/C67H71N3O/c1-41(2)48-37-55(42(3)4)63(71)58(38-48)64-69-62-54(49-34-50(36-53(35-49)67(12,13)14)59-39-47(31-32-68-59)44-23-27-51(28-24-44)65(6,7)8)21-18-22-60(62)70(64)61-33-43(5)56(40-57(61)45-19-16-15-17-20-45)46-25-29-52(30-26-46)66(9,10)11/h15-42,71H,1-14H3/i5D3,6D3,7D3,8D3,23D,24D,27D,28D,31D,32D,39D,41D,42D. The fourth-order valence-electron chi connectivity index (χ4n) is 8.80. The summed E-state index contributed by atoms with van der Waals surface area (Å²) in [6.45, 7) is 3.99. The van der Waals surface area contributed by atoms with Gasteiger partial charge in [-0.3, -0.25) is 9.55 Å². The molecule has 2 heterocycles. The van der Waals surface area contributed by atoms with Gasteiger partial charge in [0.2, 0.25) is 0 Å². The van der Waals surface area contributed by atoms with Crippen LogP contribution >= 0.6 is 0 Å². The predicted molar refractivity (Wildman–Crippen MR) is 302 cm³/mol. The Labute approximate surface area is 453 Å². The molecule has 0 atom stereocenters. The molecule has 0 amide bonds. The van der Waals surface area contributed by atoms with Crippen molar-refractivity contribution in [2.24, 2.45) is 0 Å². The van der Waals surface area contributed by atoms with Gasteiger partial charge < -0.3 is 5.11 Å². The maximum Gasteiger partial charge on any atom is 0.149 e. The van der Waals surface area contributed by atoms with E-state index in [1.54, 1.807) is 80.8 Å². The van der Waals surface area contributed by atoms with Gasteiger partial charge in [0, 0.05) is 42.1 Å². The van der Waals surface area contributed by atoms with E-state index in [2.05, 4.69) is 25.8 Å². The van der Waals surface area contributed by atoms with Crippen LogP contribution in [0.15, 0.2) is 158 Å². The maximum atomic E-state index is 12.7. The first-order valence-electron chi connectivity index (χ1n) is 34.1. The topological polar surface area (TPSA) is 50.9 Å². The number of hydrogen-bond donors (Lipinski definition) is 1. The number of fused-ring (bicyclic) bond motifs is 1. The Bertz CT molecular complexity index is 4330. The molecule has 0 aliphatic heterocycles. The number of pyridine rings is 1. The molecule has 0 radical (unpaired) electrons.